The van der Waals surface area contributed by atoms with Gasteiger partial charge in [0.2, 0.25) is 5.91 Å². The lowest BCUT2D eigenvalue weighted by Gasteiger charge is -2.19. The molecule has 0 bridgehead atoms. The molecule has 0 spiro atoms. The summed E-state index contributed by atoms with van der Waals surface area (Å²) in [5.41, 5.74) is 4.50. The van der Waals surface area contributed by atoms with Crippen molar-refractivity contribution >= 4 is 23.6 Å². The second-order valence-electron chi connectivity index (χ2n) is 3.86. The molecule has 0 aromatic rings. The molecule has 14 heavy (non-hydrogen) atoms. The lowest BCUT2D eigenvalue weighted by Crippen LogP contribution is -2.24. The highest BCUT2D eigenvalue weighted by Gasteiger charge is 2.15. The number of primary amides is 1. The number of carbonyl (C=O) groups is 2. The summed E-state index contributed by atoms with van der Waals surface area (Å²) in [5.74, 6) is 0.217. The summed E-state index contributed by atoms with van der Waals surface area (Å²) in [6.07, 6.45) is 0.315. The van der Waals surface area contributed by atoms with E-state index in [0.717, 1.165) is 0 Å². The standard InChI is InChI=1S/C9H17NO3S/c1-9(2,3)13-8(12)4-5-14-6-7(10)11/h4-6H2,1-3H3,(H2,10,11). The van der Waals surface area contributed by atoms with E-state index in [-0.39, 0.29) is 17.6 Å². The maximum atomic E-state index is 11.2. The second-order valence-corrected chi connectivity index (χ2v) is 4.96. The van der Waals surface area contributed by atoms with Crippen molar-refractivity contribution in [3.05, 3.63) is 0 Å². The van der Waals surface area contributed by atoms with Crippen molar-refractivity contribution < 1.29 is 14.3 Å². The molecule has 5 heteroatoms. The van der Waals surface area contributed by atoms with Gasteiger partial charge in [0.05, 0.1) is 12.2 Å². The van der Waals surface area contributed by atoms with Gasteiger partial charge in [0.15, 0.2) is 0 Å². The number of ether oxygens (including phenoxy) is 1. The Kier molecular flexibility index (Phi) is 5.60. The van der Waals surface area contributed by atoms with Crippen molar-refractivity contribution in [3.8, 4) is 0 Å². The molecule has 2 N–H and O–H groups in total. The number of thioether (sulfide) groups is 1. The van der Waals surface area contributed by atoms with Gasteiger partial charge in [-0.3, -0.25) is 9.59 Å². The summed E-state index contributed by atoms with van der Waals surface area (Å²) in [4.78, 5) is 21.5. The Morgan fingerprint density at radius 2 is 1.93 bits per heavy atom. The summed E-state index contributed by atoms with van der Waals surface area (Å²) >= 11 is 1.34. The van der Waals surface area contributed by atoms with Crippen LogP contribution >= 0.6 is 11.8 Å². The fraction of sp³-hybridized carbons (Fsp3) is 0.778. The molecule has 82 valence electrons. The van der Waals surface area contributed by atoms with Gasteiger partial charge in [-0.2, -0.15) is 11.8 Å². The average Bonchev–Trinajstić information content (AvgIpc) is 1.94. The number of carbonyl (C=O) groups excluding carboxylic acids is 2. The van der Waals surface area contributed by atoms with Crippen molar-refractivity contribution in [2.24, 2.45) is 5.73 Å². The highest BCUT2D eigenvalue weighted by atomic mass is 32.2. The Balaban J connectivity index is 3.50. The first kappa shape index (κ1) is 13.3. The van der Waals surface area contributed by atoms with E-state index in [9.17, 15) is 9.59 Å². The fourth-order valence-corrected chi connectivity index (χ4v) is 1.38. The van der Waals surface area contributed by atoms with Crippen molar-refractivity contribution in [2.75, 3.05) is 11.5 Å². The van der Waals surface area contributed by atoms with Gasteiger partial charge >= 0.3 is 5.97 Å². The number of nitrogens with two attached hydrogens (primary N) is 1. The number of hydrogen-bond acceptors (Lipinski definition) is 4. The first-order valence-electron chi connectivity index (χ1n) is 4.39. The van der Waals surface area contributed by atoms with Gasteiger partial charge in [-0.05, 0) is 20.8 Å². The van der Waals surface area contributed by atoms with Crippen LogP contribution in [0.15, 0.2) is 0 Å². The van der Waals surface area contributed by atoms with Crippen LogP contribution in [0.25, 0.3) is 0 Å². The first-order chi connectivity index (χ1) is 6.31. The summed E-state index contributed by atoms with van der Waals surface area (Å²) in [6, 6.07) is 0. The third-order valence-electron chi connectivity index (χ3n) is 1.11. The molecule has 0 heterocycles. The largest absolute Gasteiger partial charge is 0.460 e. The van der Waals surface area contributed by atoms with E-state index in [2.05, 4.69) is 0 Å². The fourth-order valence-electron chi connectivity index (χ4n) is 0.721. The van der Waals surface area contributed by atoms with Crippen LogP contribution in [-0.2, 0) is 14.3 Å². The van der Waals surface area contributed by atoms with Gasteiger partial charge in [0, 0.05) is 5.75 Å². The van der Waals surface area contributed by atoms with Gasteiger partial charge in [0.1, 0.15) is 5.60 Å². The summed E-state index contributed by atoms with van der Waals surface area (Å²) in [6.45, 7) is 5.46. The molecule has 0 aromatic carbocycles. The van der Waals surface area contributed by atoms with E-state index in [4.69, 9.17) is 10.5 Å². The quantitative estimate of drug-likeness (QED) is 0.552. The zero-order chi connectivity index (χ0) is 11.2. The number of amides is 1. The van der Waals surface area contributed by atoms with Gasteiger partial charge in [0.25, 0.3) is 0 Å². The lowest BCUT2D eigenvalue weighted by atomic mass is 10.2. The Labute approximate surface area is 88.6 Å². The van der Waals surface area contributed by atoms with Crippen LogP contribution in [0.3, 0.4) is 0 Å². The molecule has 0 atom stereocenters. The smallest absolute Gasteiger partial charge is 0.307 e. The highest BCUT2D eigenvalue weighted by molar-refractivity contribution is 7.99. The molecule has 0 fully saturated rings. The predicted octanol–water partition coefficient (Wildman–Crippen LogP) is 0.937. The maximum Gasteiger partial charge on any atom is 0.307 e. The molecule has 1 amide bonds. The van der Waals surface area contributed by atoms with E-state index in [0.29, 0.717) is 12.2 Å². The summed E-state index contributed by atoms with van der Waals surface area (Å²) in [5, 5.41) is 0. The van der Waals surface area contributed by atoms with Gasteiger partial charge in [-0.1, -0.05) is 0 Å². The van der Waals surface area contributed by atoms with Crippen LogP contribution in [-0.4, -0.2) is 29.0 Å². The highest BCUT2D eigenvalue weighted by Crippen LogP contribution is 2.10. The molecular formula is C9H17NO3S. The molecule has 0 aliphatic heterocycles. The molecule has 0 aliphatic carbocycles. The molecule has 0 rings (SSSR count). The minimum absolute atomic E-state index is 0.241. The molecule has 0 unspecified atom stereocenters. The number of rotatable bonds is 5. The van der Waals surface area contributed by atoms with Gasteiger partial charge in [-0.15, -0.1) is 0 Å². The van der Waals surface area contributed by atoms with Crippen molar-refractivity contribution in [1.29, 1.82) is 0 Å². The Hall–Kier alpha value is -0.710. The second kappa shape index (κ2) is 5.90. The van der Waals surface area contributed by atoms with Crippen LogP contribution in [0.1, 0.15) is 27.2 Å². The number of esters is 1. The van der Waals surface area contributed by atoms with Crippen LogP contribution in [0.5, 0.6) is 0 Å². The number of hydrogen-bond donors (Lipinski definition) is 1. The predicted molar refractivity (Wildman–Crippen MR) is 57.0 cm³/mol. The Morgan fingerprint density at radius 3 is 2.36 bits per heavy atom. The monoisotopic (exact) mass is 219 g/mol. The third kappa shape index (κ3) is 9.38. The normalized spacial score (nSPS) is 11.1. The average molecular weight is 219 g/mol. The van der Waals surface area contributed by atoms with Crippen LogP contribution in [0.2, 0.25) is 0 Å². The molecule has 0 aliphatic rings. The zero-order valence-electron chi connectivity index (χ0n) is 8.83. The van der Waals surface area contributed by atoms with E-state index >= 15 is 0 Å². The van der Waals surface area contributed by atoms with Gasteiger partial charge in [-0.25, -0.2) is 0 Å². The SMILES string of the molecule is CC(C)(C)OC(=O)CCSCC(N)=O. The molecule has 0 saturated heterocycles. The van der Waals surface area contributed by atoms with E-state index < -0.39 is 5.60 Å². The maximum absolute atomic E-state index is 11.2. The summed E-state index contributed by atoms with van der Waals surface area (Å²) in [7, 11) is 0. The third-order valence-corrected chi connectivity index (χ3v) is 2.10. The van der Waals surface area contributed by atoms with E-state index in [1.54, 1.807) is 0 Å². The topological polar surface area (TPSA) is 69.4 Å². The van der Waals surface area contributed by atoms with Crippen molar-refractivity contribution in [2.45, 2.75) is 32.8 Å². The minimum Gasteiger partial charge on any atom is -0.460 e. The molecule has 0 radical (unpaired) electrons. The zero-order valence-corrected chi connectivity index (χ0v) is 9.65. The van der Waals surface area contributed by atoms with Crippen molar-refractivity contribution in [3.63, 3.8) is 0 Å². The molecular weight excluding hydrogens is 202 g/mol. The van der Waals surface area contributed by atoms with Gasteiger partial charge < -0.3 is 10.5 Å². The van der Waals surface area contributed by atoms with E-state index in [1.807, 2.05) is 20.8 Å². The van der Waals surface area contributed by atoms with Crippen LogP contribution in [0.4, 0.5) is 0 Å². The lowest BCUT2D eigenvalue weighted by molar-refractivity contribution is -0.154. The molecule has 4 nitrogen and oxygen atoms in total. The summed E-state index contributed by atoms with van der Waals surface area (Å²) < 4.78 is 5.08. The first-order valence-corrected chi connectivity index (χ1v) is 5.54. The van der Waals surface area contributed by atoms with E-state index in [1.165, 1.54) is 11.8 Å². The Bertz CT molecular complexity index is 211. The minimum atomic E-state index is -0.439. The molecule has 0 aromatic heterocycles. The van der Waals surface area contributed by atoms with Crippen LogP contribution in [0, 0.1) is 0 Å². The molecule has 0 saturated carbocycles. The van der Waals surface area contributed by atoms with Crippen LogP contribution < -0.4 is 5.73 Å². The Morgan fingerprint density at radius 1 is 1.36 bits per heavy atom. The van der Waals surface area contributed by atoms with Crippen molar-refractivity contribution in [1.82, 2.24) is 0 Å².